The van der Waals surface area contributed by atoms with Gasteiger partial charge in [-0.2, -0.15) is 0 Å². The first kappa shape index (κ1) is 11.8. The summed E-state index contributed by atoms with van der Waals surface area (Å²) < 4.78 is 0. The number of benzene rings is 1. The number of hydrogen-bond acceptors (Lipinski definition) is 3. The van der Waals surface area contributed by atoms with E-state index in [1.165, 1.54) is 44.5 Å². The van der Waals surface area contributed by atoms with Crippen molar-refractivity contribution >= 4 is 5.69 Å². The number of fused-ring (bicyclic) bond motifs is 1. The van der Waals surface area contributed by atoms with Crippen molar-refractivity contribution in [2.24, 2.45) is 0 Å². The molecule has 3 heteroatoms. The maximum Gasteiger partial charge on any atom is 0.115 e. The Hall–Kier alpha value is -1.22. The van der Waals surface area contributed by atoms with Crippen molar-refractivity contribution in [1.29, 1.82) is 0 Å². The van der Waals surface area contributed by atoms with Gasteiger partial charge in [-0.15, -0.1) is 0 Å². The largest absolute Gasteiger partial charge is 0.508 e. The van der Waals surface area contributed by atoms with Gasteiger partial charge < -0.3 is 10.4 Å². The summed E-state index contributed by atoms with van der Waals surface area (Å²) in [5.74, 6) is 0.351. The van der Waals surface area contributed by atoms with E-state index in [9.17, 15) is 5.11 Å². The molecule has 2 aliphatic heterocycles. The number of nitrogens with zero attached hydrogens (tertiary/aromatic N) is 1. The summed E-state index contributed by atoms with van der Waals surface area (Å²) in [6.07, 6.45) is 5.30. The highest BCUT2D eigenvalue weighted by molar-refractivity contribution is 5.54. The predicted octanol–water partition coefficient (Wildman–Crippen LogP) is 2.74. The van der Waals surface area contributed by atoms with E-state index in [0.29, 0.717) is 17.8 Å². The van der Waals surface area contributed by atoms with Gasteiger partial charge in [0.25, 0.3) is 0 Å². The molecule has 0 amide bonds. The molecule has 2 aliphatic rings. The van der Waals surface area contributed by atoms with E-state index >= 15 is 0 Å². The summed E-state index contributed by atoms with van der Waals surface area (Å²) in [7, 11) is 0. The molecule has 2 N–H and O–H groups in total. The number of nitrogens with one attached hydrogen (secondary N) is 1. The van der Waals surface area contributed by atoms with Crippen molar-refractivity contribution in [3.63, 3.8) is 0 Å². The molecule has 2 fully saturated rings. The Labute approximate surface area is 109 Å². The molecule has 0 aromatic heterocycles. The number of phenols is 1. The second-order valence-electron chi connectivity index (χ2n) is 5.64. The second kappa shape index (κ2) is 4.81. The molecule has 0 spiro atoms. The summed E-state index contributed by atoms with van der Waals surface area (Å²) in [5.41, 5.74) is 2.30. The van der Waals surface area contributed by atoms with Crippen LogP contribution >= 0.6 is 0 Å². The summed E-state index contributed by atoms with van der Waals surface area (Å²) in [4.78, 5) is 2.64. The van der Waals surface area contributed by atoms with Crippen LogP contribution < -0.4 is 5.32 Å². The zero-order valence-corrected chi connectivity index (χ0v) is 11.0. The van der Waals surface area contributed by atoms with Crippen molar-refractivity contribution in [3.8, 4) is 5.75 Å². The molecule has 2 heterocycles. The lowest BCUT2D eigenvalue weighted by Gasteiger charge is -2.33. The van der Waals surface area contributed by atoms with Gasteiger partial charge in [-0.05, 0) is 56.5 Å². The number of anilines is 1. The fourth-order valence-corrected chi connectivity index (χ4v) is 3.43. The lowest BCUT2D eigenvalue weighted by Crippen LogP contribution is -2.41. The summed E-state index contributed by atoms with van der Waals surface area (Å²) in [6.45, 7) is 4.56. The van der Waals surface area contributed by atoms with E-state index in [1.54, 1.807) is 6.07 Å². The van der Waals surface area contributed by atoms with E-state index in [0.717, 1.165) is 5.56 Å². The standard InChI is InChI=1S/C15H22N2O/c1-11-10-12(18)5-6-13(11)16-14-7-9-17-8-3-2-4-15(14)17/h5-6,10,14-16,18H,2-4,7-9H2,1H3. The van der Waals surface area contributed by atoms with Crippen LogP contribution in [-0.4, -0.2) is 35.2 Å². The quantitative estimate of drug-likeness (QED) is 0.788. The smallest absolute Gasteiger partial charge is 0.115 e. The minimum Gasteiger partial charge on any atom is -0.508 e. The molecule has 0 bridgehead atoms. The molecule has 1 aromatic carbocycles. The molecule has 0 radical (unpaired) electrons. The van der Waals surface area contributed by atoms with Gasteiger partial charge >= 0.3 is 0 Å². The average Bonchev–Trinajstić information content (AvgIpc) is 2.76. The van der Waals surface area contributed by atoms with E-state index in [4.69, 9.17) is 0 Å². The lowest BCUT2D eigenvalue weighted by molar-refractivity contribution is 0.193. The minimum absolute atomic E-state index is 0.351. The highest BCUT2D eigenvalue weighted by Crippen LogP contribution is 2.30. The Morgan fingerprint density at radius 1 is 1.22 bits per heavy atom. The van der Waals surface area contributed by atoms with Crippen LogP contribution in [0.2, 0.25) is 0 Å². The maximum atomic E-state index is 9.45. The van der Waals surface area contributed by atoms with Crippen LogP contribution in [0.3, 0.4) is 0 Å². The summed E-state index contributed by atoms with van der Waals surface area (Å²) >= 11 is 0. The van der Waals surface area contributed by atoms with Crippen molar-refractivity contribution in [1.82, 2.24) is 4.90 Å². The van der Waals surface area contributed by atoms with Crippen LogP contribution in [0.1, 0.15) is 31.2 Å². The van der Waals surface area contributed by atoms with E-state index in [-0.39, 0.29) is 0 Å². The Morgan fingerprint density at radius 2 is 2.11 bits per heavy atom. The fraction of sp³-hybridized carbons (Fsp3) is 0.600. The second-order valence-corrected chi connectivity index (χ2v) is 5.64. The molecule has 1 aromatic rings. The van der Waals surface area contributed by atoms with Gasteiger partial charge in [-0.1, -0.05) is 6.42 Å². The maximum absolute atomic E-state index is 9.45. The minimum atomic E-state index is 0.351. The zero-order valence-electron chi connectivity index (χ0n) is 11.0. The van der Waals surface area contributed by atoms with Gasteiger partial charge in [-0.3, -0.25) is 4.90 Å². The molecule has 2 saturated heterocycles. The van der Waals surface area contributed by atoms with Gasteiger partial charge in [0.15, 0.2) is 0 Å². The van der Waals surface area contributed by atoms with Crippen molar-refractivity contribution < 1.29 is 5.11 Å². The number of aryl methyl sites for hydroxylation is 1. The summed E-state index contributed by atoms with van der Waals surface area (Å²) in [5, 5.41) is 13.1. The topological polar surface area (TPSA) is 35.5 Å². The molecule has 98 valence electrons. The van der Waals surface area contributed by atoms with E-state index in [2.05, 4.69) is 17.1 Å². The Bertz CT molecular complexity index is 433. The Morgan fingerprint density at radius 3 is 2.94 bits per heavy atom. The first-order valence-electron chi connectivity index (χ1n) is 7.04. The van der Waals surface area contributed by atoms with Gasteiger partial charge in [0.2, 0.25) is 0 Å². The molecule has 3 nitrogen and oxygen atoms in total. The molecule has 0 saturated carbocycles. The van der Waals surface area contributed by atoms with Crippen LogP contribution in [0.25, 0.3) is 0 Å². The molecule has 0 aliphatic carbocycles. The van der Waals surface area contributed by atoms with Crippen LogP contribution in [0.5, 0.6) is 5.75 Å². The molecule has 3 rings (SSSR count). The van der Waals surface area contributed by atoms with Crippen LogP contribution in [0.4, 0.5) is 5.69 Å². The Kier molecular flexibility index (Phi) is 3.16. The number of rotatable bonds is 2. The van der Waals surface area contributed by atoms with Crippen LogP contribution in [-0.2, 0) is 0 Å². The average molecular weight is 246 g/mol. The van der Waals surface area contributed by atoms with Gasteiger partial charge in [-0.25, -0.2) is 0 Å². The van der Waals surface area contributed by atoms with E-state index in [1.807, 2.05) is 12.1 Å². The van der Waals surface area contributed by atoms with Crippen LogP contribution in [0, 0.1) is 6.92 Å². The fourth-order valence-electron chi connectivity index (χ4n) is 3.43. The highest BCUT2D eigenvalue weighted by Gasteiger charge is 2.35. The molecule has 2 atom stereocenters. The van der Waals surface area contributed by atoms with Gasteiger partial charge in [0.1, 0.15) is 5.75 Å². The number of hydrogen-bond donors (Lipinski definition) is 2. The van der Waals surface area contributed by atoms with Crippen LogP contribution in [0.15, 0.2) is 18.2 Å². The predicted molar refractivity (Wildman–Crippen MR) is 74.1 cm³/mol. The van der Waals surface area contributed by atoms with Crippen molar-refractivity contribution in [2.45, 2.75) is 44.7 Å². The van der Waals surface area contributed by atoms with Crippen molar-refractivity contribution in [3.05, 3.63) is 23.8 Å². The number of phenolic OH excluding ortho intramolecular Hbond substituents is 1. The van der Waals surface area contributed by atoms with Gasteiger partial charge in [0, 0.05) is 24.3 Å². The monoisotopic (exact) mass is 246 g/mol. The normalized spacial score (nSPS) is 28.1. The third-order valence-electron chi connectivity index (χ3n) is 4.41. The van der Waals surface area contributed by atoms with E-state index < -0.39 is 0 Å². The SMILES string of the molecule is Cc1cc(O)ccc1NC1CCN2CCCCC12. The number of aromatic hydroxyl groups is 1. The Balaban J connectivity index is 1.72. The highest BCUT2D eigenvalue weighted by atomic mass is 16.3. The molecular formula is C15H22N2O. The zero-order chi connectivity index (χ0) is 12.5. The molecule has 2 unspecified atom stereocenters. The summed E-state index contributed by atoms with van der Waals surface area (Å²) in [6, 6.07) is 6.88. The molecular weight excluding hydrogens is 224 g/mol. The number of piperidine rings is 1. The molecule has 18 heavy (non-hydrogen) atoms. The first-order chi connectivity index (χ1) is 8.74. The third-order valence-corrected chi connectivity index (χ3v) is 4.41. The van der Waals surface area contributed by atoms with Crippen molar-refractivity contribution in [2.75, 3.05) is 18.4 Å². The first-order valence-corrected chi connectivity index (χ1v) is 7.04. The van der Waals surface area contributed by atoms with Gasteiger partial charge in [0.05, 0.1) is 0 Å². The third kappa shape index (κ3) is 2.19. The lowest BCUT2D eigenvalue weighted by atomic mass is 9.98.